The fourth-order valence-corrected chi connectivity index (χ4v) is 2.46. The van der Waals surface area contributed by atoms with Crippen LogP contribution in [-0.4, -0.2) is 19.0 Å². The highest BCUT2D eigenvalue weighted by Gasteiger charge is 2.03. The fourth-order valence-electron chi connectivity index (χ4n) is 2.46. The summed E-state index contributed by atoms with van der Waals surface area (Å²) in [6.45, 7) is 7.40. The van der Waals surface area contributed by atoms with Crippen molar-refractivity contribution in [1.29, 1.82) is 0 Å². The summed E-state index contributed by atoms with van der Waals surface area (Å²) in [7, 11) is 0. The molecular weight excluding hydrogens is 284 g/mol. The first-order valence-electron chi connectivity index (χ1n) is 8.21. The molecule has 0 heterocycles. The molecule has 2 aromatic rings. The normalized spacial score (nSPS) is 10.6. The second kappa shape index (κ2) is 8.37. The Hall–Kier alpha value is -2.29. The average Bonchev–Trinajstić information content (AvgIpc) is 2.55. The molecule has 0 atom stereocenters. The third kappa shape index (κ3) is 5.44. The Morgan fingerprint density at radius 3 is 2.39 bits per heavy atom. The molecule has 0 bridgehead atoms. The topological polar surface area (TPSA) is 41.1 Å². The van der Waals surface area contributed by atoms with Crippen LogP contribution in [0.3, 0.4) is 0 Å². The van der Waals surface area contributed by atoms with E-state index < -0.39 is 0 Å². The van der Waals surface area contributed by atoms with Gasteiger partial charge in [-0.2, -0.15) is 0 Å². The van der Waals surface area contributed by atoms with E-state index in [9.17, 15) is 4.79 Å². The molecule has 1 amide bonds. The van der Waals surface area contributed by atoms with E-state index in [2.05, 4.69) is 55.7 Å². The lowest BCUT2D eigenvalue weighted by atomic mass is 10.0. The van der Waals surface area contributed by atoms with Gasteiger partial charge in [0.1, 0.15) is 0 Å². The summed E-state index contributed by atoms with van der Waals surface area (Å²) in [6.07, 6.45) is 0.863. The van der Waals surface area contributed by atoms with Crippen LogP contribution in [0.5, 0.6) is 0 Å². The van der Waals surface area contributed by atoms with E-state index in [4.69, 9.17) is 0 Å². The third-order valence-corrected chi connectivity index (χ3v) is 4.01. The molecule has 0 fully saturated rings. The lowest BCUT2D eigenvalue weighted by molar-refractivity contribution is -0.119. The number of hydrogen-bond donors (Lipinski definition) is 2. The first-order valence-corrected chi connectivity index (χ1v) is 8.21. The van der Waals surface area contributed by atoms with Crippen molar-refractivity contribution in [1.82, 2.24) is 5.32 Å². The molecule has 2 N–H and O–H groups in total. The Morgan fingerprint density at radius 1 is 1.04 bits per heavy atom. The number of hydrogen-bond acceptors (Lipinski definition) is 2. The van der Waals surface area contributed by atoms with Gasteiger partial charge in [0.25, 0.3) is 0 Å². The molecule has 0 unspecified atom stereocenters. The van der Waals surface area contributed by atoms with E-state index in [0.29, 0.717) is 19.0 Å². The molecule has 2 rings (SSSR count). The van der Waals surface area contributed by atoms with Crippen molar-refractivity contribution in [3.63, 3.8) is 0 Å². The lowest BCUT2D eigenvalue weighted by Crippen LogP contribution is -2.31. The Bertz CT molecular complexity index is 632. The van der Waals surface area contributed by atoms with Crippen LogP contribution >= 0.6 is 0 Å². The highest BCUT2D eigenvalue weighted by Crippen LogP contribution is 2.16. The van der Waals surface area contributed by atoms with Crippen molar-refractivity contribution in [2.75, 3.05) is 18.4 Å². The quantitative estimate of drug-likeness (QED) is 0.814. The van der Waals surface area contributed by atoms with Gasteiger partial charge in [0.15, 0.2) is 0 Å². The lowest BCUT2D eigenvalue weighted by Gasteiger charge is -2.10. The maximum Gasteiger partial charge on any atom is 0.239 e. The first-order chi connectivity index (χ1) is 11.1. The van der Waals surface area contributed by atoms with Gasteiger partial charge in [0, 0.05) is 12.2 Å². The zero-order chi connectivity index (χ0) is 16.7. The molecule has 0 saturated heterocycles. The molecule has 0 aliphatic heterocycles. The first kappa shape index (κ1) is 17.1. The van der Waals surface area contributed by atoms with Crippen molar-refractivity contribution in [3.8, 4) is 0 Å². The zero-order valence-corrected chi connectivity index (χ0v) is 14.2. The van der Waals surface area contributed by atoms with Gasteiger partial charge in [-0.25, -0.2) is 0 Å². The minimum absolute atomic E-state index is 0.0199. The molecule has 2 aromatic carbocycles. The number of anilines is 1. The second-order valence-corrected chi connectivity index (χ2v) is 6.16. The van der Waals surface area contributed by atoms with Crippen molar-refractivity contribution in [2.24, 2.45) is 0 Å². The number of benzene rings is 2. The zero-order valence-electron chi connectivity index (χ0n) is 14.2. The molecular formula is C20H26N2O. The summed E-state index contributed by atoms with van der Waals surface area (Å²) in [5, 5.41) is 6.12. The van der Waals surface area contributed by atoms with Crippen LogP contribution in [0.1, 0.15) is 36.5 Å². The summed E-state index contributed by atoms with van der Waals surface area (Å²) >= 11 is 0. The number of rotatable bonds is 7. The van der Waals surface area contributed by atoms with Gasteiger partial charge in [-0.05, 0) is 48.1 Å². The van der Waals surface area contributed by atoms with Crippen molar-refractivity contribution in [2.45, 2.75) is 33.1 Å². The number of aryl methyl sites for hydroxylation is 1. The van der Waals surface area contributed by atoms with Crippen LogP contribution in [0.4, 0.5) is 5.69 Å². The molecule has 0 aliphatic carbocycles. The van der Waals surface area contributed by atoms with Crippen LogP contribution in [0.25, 0.3) is 0 Å². The Balaban J connectivity index is 1.72. The number of carbonyl (C=O) groups is 1. The van der Waals surface area contributed by atoms with E-state index in [1.165, 1.54) is 16.7 Å². The standard InChI is InChI=1S/C20H26N2O/c1-15(2)17-8-10-19(11-9-17)22-14-20(23)21-13-12-18-7-5-4-6-16(18)3/h4-11,15,22H,12-14H2,1-3H3,(H,21,23). The SMILES string of the molecule is Cc1ccccc1CCNC(=O)CNc1ccc(C(C)C)cc1. The summed E-state index contributed by atoms with van der Waals surface area (Å²) < 4.78 is 0. The summed E-state index contributed by atoms with van der Waals surface area (Å²) in [6, 6.07) is 16.5. The Labute approximate surface area is 139 Å². The van der Waals surface area contributed by atoms with Gasteiger partial charge in [-0.3, -0.25) is 4.79 Å². The Kier molecular flexibility index (Phi) is 6.21. The average molecular weight is 310 g/mol. The van der Waals surface area contributed by atoms with Gasteiger partial charge in [-0.1, -0.05) is 50.2 Å². The number of nitrogens with one attached hydrogen (secondary N) is 2. The van der Waals surface area contributed by atoms with Gasteiger partial charge in [-0.15, -0.1) is 0 Å². The van der Waals surface area contributed by atoms with E-state index in [1.54, 1.807) is 0 Å². The third-order valence-electron chi connectivity index (χ3n) is 4.01. The molecule has 0 saturated carbocycles. The van der Waals surface area contributed by atoms with E-state index >= 15 is 0 Å². The monoisotopic (exact) mass is 310 g/mol. The number of carbonyl (C=O) groups excluding carboxylic acids is 1. The van der Waals surface area contributed by atoms with Crippen LogP contribution in [0.15, 0.2) is 48.5 Å². The van der Waals surface area contributed by atoms with Crippen LogP contribution in [0.2, 0.25) is 0 Å². The van der Waals surface area contributed by atoms with Gasteiger partial charge in [0.2, 0.25) is 5.91 Å². The van der Waals surface area contributed by atoms with Crippen molar-refractivity contribution >= 4 is 11.6 Å². The molecule has 0 spiro atoms. The minimum Gasteiger partial charge on any atom is -0.376 e. The summed E-state index contributed by atoms with van der Waals surface area (Å²) in [5.41, 5.74) is 4.83. The van der Waals surface area contributed by atoms with Crippen LogP contribution < -0.4 is 10.6 Å². The summed E-state index contributed by atoms with van der Waals surface area (Å²) in [4.78, 5) is 11.9. The molecule has 3 heteroatoms. The largest absolute Gasteiger partial charge is 0.376 e. The van der Waals surface area contributed by atoms with Crippen molar-refractivity contribution < 1.29 is 4.79 Å². The molecule has 23 heavy (non-hydrogen) atoms. The predicted octanol–water partition coefficient (Wildman–Crippen LogP) is 3.89. The second-order valence-electron chi connectivity index (χ2n) is 6.16. The maximum atomic E-state index is 11.9. The summed E-state index contributed by atoms with van der Waals surface area (Å²) in [5.74, 6) is 0.542. The molecule has 3 nitrogen and oxygen atoms in total. The molecule has 0 aromatic heterocycles. The van der Waals surface area contributed by atoms with Crippen molar-refractivity contribution in [3.05, 3.63) is 65.2 Å². The fraction of sp³-hybridized carbons (Fsp3) is 0.350. The maximum absolute atomic E-state index is 11.9. The Morgan fingerprint density at radius 2 is 1.74 bits per heavy atom. The van der Waals surface area contributed by atoms with Gasteiger partial charge in [0.05, 0.1) is 6.54 Å². The van der Waals surface area contributed by atoms with E-state index in [1.807, 2.05) is 24.3 Å². The van der Waals surface area contributed by atoms with Crippen LogP contribution in [-0.2, 0) is 11.2 Å². The van der Waals surface area contributed by atoms with E-state index in [0.717, 1.165) is 12.1 Å². The molecule has 0 radical (unpaired) electrons. The molecule has 0 aliphatic rings. The van der Waals surface area contributed by atoms with E-state index in [-0.39, 0.29) is 5.91 Å². The van der Waals surface area contributed by atoms with Gasteiger partial charge >= 0.3 is 0 Å². The highest BCUT2D eigenvalue weighted by molar-refractivity contribution is 5.80. The highest BCUT2D eigenvalue weighted by atomic mass is 16.1. The number of amides is 1. The smallest absolute Gasteiger partial charge is 0.239 e. The minimum atomic E-state index is 0.0199. The predicted molar refractivity (Wildman–Crippen MR) is 96.9 cm³/mol. The van der Waals surface area contributed by atoms with Crippen LogP contribution in [0, 0.1) is 6.92 Å². The molecule has 122 valence electrons. The van der Waals surface area contributed by atoms with Gasteiger partial charge < -0.3 is 10.6 Å².